The summed E-state index contributed by atoms with van der Waals surface area (Å²) in [5, 5.41) is 1.35. The molecule has 0 saturated carbocycles. The van der Waals surface area contributed by atoms with Gasteiger partial charge in [-0.2, -0.15) is 0 Å². The van der Waals surface area contributed by atoms with E-state index in [-0.39, 0.29) is 6.04 Å². The number of aryl methyl sites for hydroxylation is 2. The van der Waals surface area contributed by atoms with Gasteiger partial charge in [-0.25, -0.2) is 0 Å². The second-order valence-corrected chi connectivity index (χ2v) is 5.33. The molecule has 1 aliphatic heterocycles. The fourth-order valence-electron chi connectivity index (χ4n) is 2.93. The minimum Gasteiger partial charge on any atom is -0.493 e. The molecule has 0 aliphatic carbocycles. The van der Waals surface area contributed by atoms with Crippen LogP contribution >= 0.6 is 0 Å². The molecule has 3 rings (SSSR count). The van der Waals surface area contributed by atoms with Crippen LogP contribution in [0.5, 0.6) is 5.75 Å². The Morgan fingerprint density at radius 1 is 1.44 bits per heavy atom. The highest BCUT2D eigenvalue weighted by Crippen LogP contribution is 2.35. The van der Waals surface area contributed by atoms with Gasteiger partial charge in [0.1, 0.15) is 5.75 Å². The standard InChI is InChI=1S/C15H20N2O/c1-9(16)8-12-10(2)17-13-5-6-14-11(15(12)13)4-3-7-18-14/h5-6,9,17H,3-4,7-8,16H2,1-2H3. The lowest BCUT2D eigenvalue weighted by molar-refractivity contribution is 0.289. The average molecular weight is 244 g/mol. The number of nitrogens with two attached hydrogens (primary N) is 1. The summed E-state index contributed by atoms with van der Waals surface area (Å²) in [6.07, 6.45) is 3.13. The summed E-state index contributed by atoms with van der Waals surface area (Å²) < 4.78 is 5.76. The monoisotopic (exact) mass is 244 g/mol. The number of benzene rings is 1. The molecule has 0 saturated heterocycles. The van der Waals surface area contributed by atoms with Crippen molar-refractivity contribution in [3.8, 4) is 5.75 Å². The molecule has 2 aromatic rings. The second kappa shape index (κ2) is 4.32. The van der Waals surface area contributed by atoms with Gasteiger partial charge in [0.2, 0.25) is 0 Å². The van der Waals surface area contributed by atoms with Crippen LogP contribution in [-0.4, -0.2) is 17.6 Å². The van der Waals surface area contributed by atoms with E-state index < -0.39 is 0 Å². The maximum Gasteiger partial charge on any atom is 0.123 e. The van der Waals surface area contributed by atoms with E-state index >= 15 is 0 Å². The molecule has 1 aliphatic rings. The molecule has 3 nitrogen and oxygen atoms in total. The Balaban J connectivity index is 2.24. The van der Waals surface area contributed by atoms with E-state index in [0.717, 1.165) is 31.6 Å². The van der Waals surface area contributed by atoms with Crippen LogP contribution in [0.3, 0.4) is 0 Å². The van der Waals surface area contributed by atoms with Crippen molar-refractivity contribution in [2.24, 2.45) is 5.73 Å². The van der Waals surface area contributed by atoms with Gasteiger partial charge in [0.05, 0.1) is 6.61 Å². The van der Waals surface area contributed by atoms with Gasteiger partial charge in [-0.15, -0.1) is 0 Å². The molecule has 1 aromatic carbocycles. The van der Waals surface area contributed by atoms with Crippen molar-refractivity contribution >= 4 is 10.9 Å². The van der Waals surface area contributed by atoms with Crippen LogP contribution in [0.4, 0.5) is 0 Å². The number of aromatic nitrogens is 1. The van der Waals surface area contributed by atoms with Crippen molar-refractivity contribution in [3.63, 3.8) is 0 Å². The van der Waals surface area contributed by atoms with Crippen LogP contribution in [0.1, 0.15) is 30.2 Å². The van der Waals surface area contributed by atoms with Crippen molar-refractivity contribution in [1.82, 2.24) is 4.98 Å². The Labute approximate surface area is 107 Å². The average Bonchev–Trinajstić information content (AvgIpc) is 2.66. The third kappa shape index (κ3) is 1.79. The van der Waals surface area contributed by atoms with E-state index in [9.17, 15) is 0 Å². The quantitative estimate of drug-likeness (QED) is 0.853. The Kier molecular flexibility index (Phi) is 2.78. The largest absolute Gasteiger partial charge is 0.493 e. The van der Waals surface area contributed by atoms with Gasteiger partial charge in [-0.3, -0.25) is 0 Å². The van der Waals surface area contributed by atoms with E-state index in [0.29, 0.717) is 0 Å². The number of H-pyrrole nitrogens is 1. The lowest BCUT2D eigenvalue weighted by Gasteiger charge is -2.19. The fraction of sp³-hybridized carbons (Fsp3) is 0.467. The molecule has 1 atom stereocenters. The molecule has 0 fully saturated rings. The Bertz CT molecular complexity index is 584. The molecular weight excluding hydrogens is 224 g/mol. The van der Waals surface area contributed by atoms with Gasteiger partial charge >= 0.3 is 0 Å². The number of aromatic amines is 1. The van der Waals surface area contributed by atoms with Crippen molar-refractivity contribution in [3.05, 3.63) is 29.0 Å². The third-order valence-electron chi connectivity index (χ3n) is 3.70. The topological polar surface area (TPSA) is 51.0 Å². The summed E-state index contributed by atoms with van der Waals surface area (Å²) >= 11 is 0. The normalized spacial score (nSPS) is 16.4. The fourth-order valence-corrected chi connectivity index (χ4v) is 2.93. The number of ether oxygens (including phenoxy) is 1. The first-order valence-corrected chi connectivity index (χ1v) is 6.68. The second-order valence-electron chi connectivity index (χ2n) is 5.33. The summed E-state index contributed by atoms with van der Waals surface area (Å²) in [6, 6.07) is 4.39. The first-order chi connectivity index (χ1) is 8.66. The maximum atomic E-state index is 5.97. The zero-order chi connectivity index (χ0) is 12.7. The predicted molar refractivity (Wildman–Crippen MR) is 74.2 cm³/mol. The van der Waals surface area contributed by atoms with Gasteiger partial charge in [0.25, 0.3) is 0 Å². The van der Waals surface area contributed by atoms with Crippen molar-refractivity contribution in [1.29, 1.82) is 0 Å². The van der Waals surface area contributed by atoms with E-state index in [1.165, 1.54) is 27.7 Å². The SMILES string of the molecule is Cc1[nH]c2ccc3c(c2c1CC(C)N)CCCO3. The van der Waals surface area contributed by atoms with Crippen LogP contribution in [0.25, 0.3) is 10.9 Å². The molecule has 1 unspecified atom stereocenters. The first kappa shape index (κ1) is 11.6. The molecule has 18 heavy (non-hydrogen) atoms. The number of hydrogen-bond donors (Lipinski definition) is 2. The summed E-state index contributed by atoms with van der Waals surface area (Å²) in [4.78, 5) is 3.47. The van der Waals surface area contributed by atoms with Crippen LogP contribution in [0.15, 0.2) is 12.1 Å². The lowest BCUT2D eigenvalue weighted by atomic mass is 9.96. The van der Waals surface area contributed by atoms with Gasteiger partial charge in [0.15, 0.2) is 0 Å². The van der Waals surface area contributed by atoms with Crippen molar-refractivity contribution in [2.45, 2.75) is 39.2 Å². The summed E-state index contributed by atoms with van der Waals surface area (Å²) in [5.41, 5.74) is 11.2. The smallest absolute Gasteiger partial charge is 0.123 e. The summed E-state index contributed by atoms with van der Waals surface area (Å²) in [5.74, 6) is 1.05. The van der Waals surface area contributed by atoms with Gasteiger partial charge in [-0.05, 0) is 50.8 Å². The van der Waals surface area contributed by atoms with E-state index in [4.69, 9.17) is 10.5 Å². The highest BCUT2D eigenvalue weighted by molar-refractivity contribution is 5.90. The number of rotatable bonds is 2. The molecular formula is C15H20N2O. The Morgan fingerprint density at radius 3 is 3.06 bits per heavy atom. The lowest BCUT2D eigenvalue weighted by Crippen LogP contribution is -2.18. The van der Waals surface area contributed by atoms with E-state index in [1.807, 2.05) is 0 Å². The third-order valence-corrected chi connectivity index (χ3v) is 3.70. The first-order valence-electron chi connectivity index (χ1n) is 6.68. The molecule has 3 heteroatoms. The van der Waals surface area contributed by atoms with Gasteiger partial charge in [-0.1, -0.05) is 0 Å². The Morgan fingerprint density at radius 2 is 2.28 bits per heavy atom. The number of nitrogens with one attached hydrogen (secondary N) is 1. The number of hydrogen-bond acceptors (Lipinski definition) is 2. The Hall–Kier alpha value is -1.48. The van der Waals surface area contributed by atoms with E-state index in [1.54, 1.807) is 0 Å². The zero-order valence-corrected chi connectivity index (χ0v) is 11.0. The van der Waals surface area contributed by atoms with Crippen LogP contribution in [0, 0.1) is 6.92 Å². The van der Waals surface area contributed by atoms with Crippen LogP contribution < -0.4 is 10.5 Å². The molecule has 0 radical (unpaired) electrons. The van der Waals surface area contributed by atoms with Crippen molar-refractivity contribution < 1.29 is 4.74 Å². The highest BCUT2D eigenvalue weighted by Gasteiger charge is 2.19. The van der Waals surface area contributed by atoms with E-state index in [2.05, 4.69) is 31.0 Å². The molecule has 3 N–H and O–H groups in total. The maximum absolute atomic E-state index is 5.97. The summed E-state index contributed by atoms with van der Waals surface area (Å²) in [7, 11) is 0. The predicted octanol–water partition coefficient (Wildman–Crippen LogP) is 2.69. The molecule has 2 heterocycles. The van der Waals surface area contributed by atoms with Gasteiger partial charge < -0.3 is 15.5 Å². The molecule has 96 valence electrons. The van der Waals surface area contributed by atoms with Crippen LogP contribution in [-0.2, 0) is 12.8 Å². The number of fused-ring (bicyclic) bond motifs is 3. The summed E-state index contributed by atoms with van der Waals surface area (Å²) in [6.45, 7) is 5.03. The van der Waals surface area contributed by atoms with Gasteiger partial charge in [0, 0.05) is 28.2 Å². The molecule has 0 bridgehead atoms. The molecule has 0 amide bonds. The minimum absolute atomic E-state index is 0.183. The zero-order valence-electron chi connectivity index (χ0n) is 11.0. The van der Waals surface area contributed by atoms with Crippen molar-refractivity contribution in [2.75, 3.05) is 6.61 Å². The minimum atomic E-state index is 0.183. The highest BCUT2D eigenvalue weighted by atomic mass is 16.5. The molecule has 1 aromatic heterocycles. The molecule has 0 spiro atoms. The van der Waals surface area contributed by atoms with Crippen LogP contribution in [0.2, 0.25) is 0 Å².